The lowest BCUT2D eigenvalue weighted by molar-refractivity contribution is 0.0478. The zero-order chi connectivity index (χ0) is 13.8. The van der Waals surface area contributed by atoms with Gasteiger partial charge in [0.25, 0.3) is 0 Å². The fraction of sp³-hybridized carbons (Fsp3) is 0.308. The van der Waals surface area contributed by atoms with Gasteiger partial charge in [-0.15, -0.1) is 0 Å². The Morgan fingerprint density at radius 1 is 1.35 bits per heavy atom. The Morgan fingerprint density at radius 3 is 3.10 bits per heavy atom. The highest BCUT2D eigenvalue weighted by Crippen LogP contribution is 2.33. The number of carbonyl (C=O) groups is 1. The minimum absolute atomic E-state index is 0.215. The van der Waals surface area contributed by atoms with E-state index < -0.39 is 5.97 Å². The summed E-state index contributed by atoms with van der Waals surface area (Å²) in [6.07, 6.45) is 3.00. The maximum Gasteiger partial charge on any atom is 0.342 e. The van der Waals surface area contributed by atoms with Crippen LogP contribution in [0.5, 0.6) is 11.5 Å². The van der Waals surface area contributed by atoms with Gasteiger partial charge in [0.2, 0.25) is 0 Å². The molecule has 0 spiro atoms. The molecule has 20 heavy (non-hydrogen) atoms. The average molecular weight is 275 g/mol. The molecule has 2 heterocycles. The lowest BCUT2D eigenvalue weighted by Gasteiger charge is -2.20. The third kappa shape index (κ3) is 2.56. The number of hydrogen-bond donors (Lipinski definition) is 0. The third-order valence-electron chi connectivity index (χ3n) is 2.81. The van der Waals surface area contributed by atoms with Gasteiger partial charge in [0, 0.05) is 0 Å². The van der Waals surface area contributed by atoms with Crippen molar-refractivity contribution in [3.63, 3.8) is 0 Å². The molecule has 3 rings (SSSR count). The van der Waals surface area contributed by atoms with E-state index in [0.29, 0.717) is 36.8 Å². The number of benzene rings is 1. The van der Waals surface area contributed by atoms with Crippen LogP contribution >= 0.6 is 0 Å². The summed E-state index contributed by atoms with van der Waals surface area (Å²) < 4.78 is 17.7. The zero-order valence-electron chi connectivity index (χ0n) is 10.7. The molecular weight excluding hydrogens is 262 g/mol. The molecule has 1 aromatic heterocycles. The molecule has 104 valence electrons. The van der Waals surface area contributed by atoms with Crippen LogP contribution in [0.1, 0.15) is 10.4 Å². The second kappa shape index (κ2) is 5.60. The Morgan fingerprint density at radius 2 is 2.25 bits per heavy atom. The molecule has 0 amide bonds. The minimum Gasteiger partial charge on any atom is -0.486 e. The van der Waals surface area contributed by atoms with E-state index in [1.165, 1.54) is 6.33 Å². The van der Waals surface area contributed by atoms with E-state index in [0.717, 1.165) is 0 Å². The highest BCUT2D eigenvalue weighted by Gasteiger charge is 2.21. The topological polar surface area (TPSA) is 75.5 Å². The third-order valence-corrected chi connectivity index (χ3v) is 2.81. The summed E-state index contributed by atoms with van der Waals surface area (Å²) in [5.74, 6) is 0.582. The van der Waals surface area contributed by atoms with Crippen molar-refractivity contribution in [1.29, 1.82) is 0 Å². The van der Waals surface area contributed by atoms with Gasteiger partial charge in [-0.05, 0) is 12.1 Å². The lowest BCUT2D eigenvalue weighted by atomic mass is 10.2. The second-order valence-corrected chi connectivity index (χ2v) is 4.12. The fourth-order valence-corrected chi connectivity index (χ4v) is 1.89. The number of rotatable bonds is 4. The van der Waals surface area contributed by atoms with E-state index in [1.54, 1.807) is 29.2 Å². The SMILES string of the molecule is O=C(OCCn1cncn1)c1cccc2c1OCCO2. The van der Waals surface area contributed by atoms with Crippen LogP contribution in [0, 0.1) is 0 Å². The molecule has 1 aliphatic heterocycles. The van der Waals surface area contributed by atoms with Crippen molar-refractivity contribution in [3.05, 3.63) is 36.4 Å². The van der Waals surface area contributed by atoms with Crippen molar-refractivity contribution in [2.24, 2.45) is 0 Å². The molecule has 7 nitrogen and oxygen atoms in total. The van der Waals surface area contributed by atoms with Crippen LogP contribution in [0.4, 0.5) is 0 Å². The number of fused-ring (bicyclic) bond motifs is 1. The monoisotopic (exact) mass is 275 g/mol. The number of carbonyl (C=O) groups excluding carboxylic acids is 1. The first-order chi connectivity index (χ1) is 9.84. The van der Waals surface area contributed by atoms with Crippen molar-refractivity contribution in [2.75, 3.05) is 19.8 Å². The maximum absolute atomic E-state index is 12.0. The van der Waals surface area contributed by atoms with Crippen molar-refractivity contribution in [3.8, 4) is 11.5 Å². The van der Waals surface area contributed by atoms with Gasteiger partial charge in [0.1, 0.15) is 38.0 Å². The van der Waals surface area contributed by atoms with E-state index in [9.17, 15) is 4.79 Å². The number of esters is 1. The van der Waals surface area contributed by atoms with Crippen LogP contribution in [0.2, 0.25) is 0 Å². The second-order valence-electron chi connectivity index (χ2n) is 4.12. The first-order valence-corrected chi connectivity index (χ1v) is 6.23. The molecule has 0 bridgehead atoms. The van der Waals surface area contributed by atoms with Gasteiger partial charge in [-0.1, -0.05) is 6.07 Å². The molecular formula is C13H13N3O4. The van der Waals surface area contributed by atoms with Gasteiger partial charge in [-0.2, -0.15) is 5.10 Å². The summed E-state index contributed by atoms with van der Waals surface area (Å²) in [4.78, 5) is 15.9. The summed E-state index contributed by atoms with van der Waals surface area (Å²) in [5.41, 5.74) is 0.376. The van der Waals surface area contributed by atoms with Crippen LogP contribution in [0.25, 0.3) is 0 Å². The van der Waals surface area contributed by atoms with Gasteiger partial charge in [0.15, 0.2) is 11.5 Å². The Hall–Kier alpha value is -2.57. The number of ether oxygens (including phenoxy) is 3. The quantitative estimate of drug-likeness (QED) is 0.772. The molecule has 0 N–H and O–H groups in total. The average Bonchev–Trinajstić information content (AvgIpc) is 3.00. The van der Waals surface area contributed by atoms with E-state index in [2.05, 4.69) is 10.1 Å². The van der Waals surface area contributed by atoms with E-state index >= 15 is 0 Å². The van der Waals surface area contributed by atoms with Gasteiger partial charge < -0.3 is 14.2 Å². The van der Waals surface area contributed by atoms with Crippen LogP contribution in [-0.2, 0) is 11.3 Å². The maximum atomic E-state index is 12.0. The summed E-state index contributed by atoms with van der Waals surface area (Å²) in [5, 5.41) is 3.93. The van der Waals surface area contributed by atoms with Crippen LogP contribution in [0.3, 0.4) is 0 Å². The van der Waals surface area contributed by atoms with Gasteiger partial charge in [-0.25, -0.2) is 14.5 Å². The van der Waals surface area contributed by atoms with Crippen molar-refractivity contribution >= 4 is 5.97 Å². The van der Waals surface area contributed by atoms with E-state index in [-0.39, 0.29) is 6.61 Å². The van der Waals surface area contributed by atoms with Gasteiger partial charge >= 0.3 is 5.97 Å². The first-order valence-electron chi connectivity index (χ1n) is 6.23. The molecule has 0 fully saturated rings. The standard InChI is InChI=1S/C13H13N3O4/c17-13(20-5-4-16-9-14-8-15-16)10-2-1-3-11-12(10)19-7-6-18-11/h1-3,8-9H,4-7H2. The Balaban J connectivity index is 1.65. The number of para-hydroxylation sites is 1. The molecule has 1 aliphatic rings. The van der Waals surface area contributed by atoms with Gasteiger partial charge in [0.05, 0.1) is 6.54 Å². The van der Waals surface area contributed by atoms with Crippen LogP contribution < -0.4 is 9.47 Å². The van der Waals surface area contributed by atoms with Crippen LogP contribution in [0.15, 0.2) is 30.9 Å². The number of nitrogens with zero attached hydrogens (tertiary/aromatic N) is 3. The Kier molecular flexibility index (Phi) is 3.49. The molecule has 0 unspecified atom stereocenters. The van der Waals surface area contributed by atoms with Crippen LogP contribution in [-0.4, -0.2) is 40.6 Å². The van der Waals surface area contributed by atoms with E-state index in [1.807, 2.05) is 0 Å². The lowest BCUT2D eigenvalue weighted by Crippen LogP contribution is -2.19. The summed E-state index contributed by atoms with van der Waals surface area (Å²) in [6, 6.07) is 5.16. The highest BCUT2D eigenvalue weighted by molar-refractivity contribution is 5.93. The van der Waals surface area contributed by atoms with Crippen molar-refractivity contribution < 1.29 is 19.0 Å². The molecule has 0 atom stereocenters. The number of hydrogen-bond acceptors (Lipinski definition) is 6. The molecule has 1 aromatic carbocycles. The zero-order valence-corrected chi connectivity index (χ0v) is 10.7. The highest BCUT2D eigenvalue weighted by atomic mass is 16.6. The van der Waals surface area contributed by atoms with Gasteiger partial charge in [-0.3, -0.25) is 0 Å². The largest absolute Gasteiger partial charge is 0.486 e. The molecule has 2 aromatic rings. The summed E-state index contributed by atoms with van der Waals surface area (Å²) in [6.45, 7) is 1.58. The predicted molar refractivity (Wildman–Crippen MR) is 67.7 cm³/mol. The molecule has 7 heteroatoms. The predicted octanol–water partition coefficient (Wildman–Crippen LogP) is 0.906. The molecule has 0 aliphatic carbocycles. The summed E-state index contributed by atoms with van der Waals surface area (Å²) >= 11 is 0. The van der Waals surface area contributed by atoms with E-state index in [4.69, 9.17) is 14.2 Å². The Bertz CT molecular complexity index is 598. The van der Waals surface area contributed by atoms with Crippen molar-refractivity contribution in [1.82, 2.24) is 14.8 Å². The fourth-order valence-electron chi connectivity index (χ4n) is 1.89. The number of aromatic nitrogens is 3. The normalized spacial score (nSPS) is 13.0. The molecule has 0 saturated heterocycles. The van der Waals surface area contributed by atoms with Crippen molar-refractivity contribution in [2.45, 2.75) is 6.54 Å². The smallest absolute Gasteiger partial charge is 0.342 e. The first kappa shape index (κ1) is 12.5. The minimum atomic E-state index is -0.438. The molecule has 0 saturated carbocycles. The molecule has 0 radical (unpaired) electrons. The Labute approximate surface area is 115 Å². The summed E-state index contributed by atoms with van der Waals surface area (Å²) in [7, 11) is 0.